The van der Waals surface area contributed by atoms with Crippen molar-refractivity contribution in [1.82, 2.24) is 20.4 Å². The van der Waals surface area contributed by atoms with Crippen molar-refractivity contribution < 1.29 is 14.0 Å². The topological polar surface area (TPSA) is 72.7 Å². The Labute approximate surface area is 133 Å². The molecule has 1 aromatic carbocycles. The lowest BCUT2D eigenvalue weighted by Gasteiger charge is -2.30. The van der Waals surface area contributed by atoms with E-state index in [1.807, 2.05) is 30.4 Å². The van der Waals surface area contributed by atoms with E-state index < -0.39 is 0 Å². The highest BCUT2D eigenvalue weighted by Gasteiger charge is 2.24. The van der Waals surface area contributed by atoms with Crippen LogP contribution in [0, 0.1) is 0 Å². The second-order valence-electron chi connectivity index (χ2n) is 5.64. The number of nitrogens with zero attached hydrogens (tertiary/aromatic N) is 3. The molecule has 7 heteroatoms. The van der Waals surface area contributed by atoms with Crippen molar-refractivity contribution in [3.05, 3.63) is 35.5 Å². The van der Waals surface area contributed by atoms with Crippen LogP contribution >= 0.6 is 0 Å². The van der Waals surface area contributed by atoms with Gasteiger partial charge in [-0.3, -0.25) is 4.90 Å². The Bertz CT molecular complexity index is 728. The van der Waals surface area contributed by atoms with Gasteiger partial charge in [-0.05, 0) is 30.8 Å². The Morgan fingerprint density at radius 1 is 1.26 bits per heavy atom. The number of fused-ring (bicyclic) bond motifs is 1. The maximum Gasteiger partial charge on any atom is 0.250 e. The molecule has 1 saturated heterocycles. The van der Waals surface area contributed by atoms with E-state index in [4.69, 9.17) is 14.0 Å². The summed E-state index contributed by atoms with van der Waals surface area (Å²) >= 11 is 0. The summed E-state index contributed by atoms with van der Waals surface area (Å²) in [5.74, 6) is 2.74. The zero-order valence-corrected chi connectivity index (χ0v) is 12.9. The predicted molar refractivity (Wildman–Crippen MR) is 84.0 cm³/mol. The van der Waals surface area contributed by atoms with E-state index in [1.165, 1.54) is 0 Å². The van der Waals surface area contributed by atoms with Crippen LogP contribution in [0.4, 0.5) is 0 Å². The smallest absolute Gasteiger partial charge is 0.250 e. The molecule has 23 heavy (non-hydrogen) atoms. The number of ether oxygens (including phenoxy) is 2. The fourth-order valence-electron chi connectivity index (χ4n) is 2.73. The molecule has 0 saturated carbocycles. The van der Waals surface area contributed by atoms with Gasteiger partial charge in [0.1, 0.15) is 0 Å². The number of benzene rings is 1. The van der Waals surface area contributed by atoms with E-state index in [1.54, 1.807) is 0 Å². The van der Waals surface area contributed by atoms with E-state index >= 15 is 0 Å². The van der Waals surface area contributed by atoms with Crippen molar-refractivity contribution in [3.63, 3.8) is 0 Å². The Morgan fingerprint density at radius 2 is 2.17 bits per heavy atom. The Kier molecular flexibility index (Phi) is 3.72. The van der Waals surface area contributed by atoms with Gasteiger partial charge in [0.15, 0.2) is 17.3 Å². The van der Waals surface area contributed by atoms with Gasteiger partial charge in [0, 0.05) is 25.7 Å². The lowest BCUT2D eigenvalue weighted by molar-refractivity contribution is 0.174. The molecular weight excluding hydrogens is 296 g/mol. The molecule has 1 aromatic heterocycles. The van der Waals surface area contributed by atoms with Crippen LogP contribution in [0.2, 0.25) is 0 Å². The maximum absolute atomic E-state index is 5.37. The van der Waals surface area contributed by atoms with Crippen LogP contribution in [0.25, 0.3) is 12.2 Å². The second-order valence-corrected chi connectivity index (χ2v) is 5.64. The number of hydrogen-bond acceptors (Lipinski definition) is 7. The molecule has 120 valence electrons. The van der Waals surface area contributed by atoms with Crippen LogP contribution in [0.15, 0.2) is 22.7 Å². The highest BCUT2D eigenvalue weighted by molar-refractivity contribution is 5.68. The summed E-state index contributed by atoms with van der Waals surface area (Å²) in [5.41, 5.74) is 0.991. The third-order valence-electron chi connectivity index (χ3n) is 4.08. The van der Waals surface area contributed by atoms with Crippen LogP contribution in [0.5, 0.6) is 11.5 Å². The molecule has 7 nitrogen and oxygen atoms in total. The van der Waals surface area contributed by atoms with Crippen molar-refractivity contribution >= 4 is 12.2 Å². The molecule has 3 heterocycles. The minimum Gasteiger partial charge on any atom is -0.454 e. The quantitative estimate of drug-likeness (QED) is 0.921. The second kappa shape index (κ2) is 6.02. The normalized spacial score (nSPS) is 21.2. The summed E-state index contributed by atoms with van der Waals surface area (Å²) in [6.45, 7) is 3.07. The number of nitrogens with one attached hydrogen (secondary N) is 1. The molecule has 1 atom stereocenters. The van der Waals surface area contributed by atoms with E-state index in [0.717, 1.165) is 36.7 Å². The van der Waals surface area contributed by atoms with Gasteiger partial charge in [-0.2, -0.15) is 4.98 Å². The average molecular weight is 314 g/mol. The molecule has 0 aliphatic carbocycles. The van der Waals surface area contributed by atoms with Crippen LogP contribution in [-0.4, -0.2) is 48.5 Å². The molecule has 1 unspecified atom stereocenters. The van der Waals surface area contributed by atoms with E-state index in [9.17, 15) is 0 Å². The molecule has 2 aliphatic heterocycles. The number of likely N-dealkylation sites (N-methyl/N-ethyl adjacent to an activating group) is 1. The first-order valence-corrected chi connectivity index (χ1v) is 7.62. The van der Waals surface area contributed by atoms with Crippen molar-refractivity contribution in [2.24, 2.45) is 0 Å². The third kappa shape index (κ3) is 2.93. The van der Waals surface area contributed by atoms with Gasteiger partial charge in [0.25, 0.3) is 5.89 Å². The Hall–Kier alpha value is -2.38. The summed E-state index contributed by atoms with van der Waals surface area (Å²) < 4.78 is 16.0. The highest BCUT2D eigenvalue weighted by atomic mass is 16.7. The Morgan fingerprint density at radius 3 is 3.09 bits per heavy atom. The van der Waals surface area contributed by atoms with E-state index in [0.29, 0.717) is 11.7 Å². The zero-order chi connectivity index (χ0) is 15.6. The lowest BCUT2D eigenvalue weighted by Crippen LogP contribution is -2.44. The van der Waals surface area contributed by atoms with Gasteiger partial charge in [0.2, 0.25) is 6.79 Å². The van der Waals surface area contributed by atoms with Gasteiger partial charge in [-0.1, -0.05) is 11.2 Å². The minimum atomic E-state index is 0.153. The van der Waals surface area contributed by atoms with E-state index in [-0.39, 0.29) is 12.8 Å². The van der Waals surface area contributed by atoms with Crippen molar-refractivity contribution in [2.75, 3.05) is 33.5 Å². The molecule has 2 aromatic rings. The molecule has 0 amide bonds. The standard InChI is InChI=1S/C16H18N4O3/c1-20-7-6-17-9-12(20)16-18-15(23-19-16)5-3-11-2-4-13-14(8-11)22-10-21-13/h2-5,8,12,17H,6-7,9-10H2,1H3/b5-3+. The predicted octanol–water partition coefficient (Wildman–Crippen LogP) is 1.54. The lowest BCUT2D eigenvalue weighted by atomic mass is 10.2. The van der Waals surface area contributed by atoms with Crippen molar-refractivity contribution in [2.45, 2.75) is 6.04 Å². The highest BCUT2D eigenvalue weighted by Crippen LogP contribution is 2.33. The average Bonchev–Trinajstić information content (AvgIpc) is 3.22. The van der Waals surface area contributed by atoms with E-state index in [2.05, 4.69) is 27.4 Å². The fraction of sp³-hybridized carbons (Fsp3) is 0.375. The minimum absolute atomic E-state index is 0.153. The summed E-state index contributed by atoms with van der Waals surface area (Å²) in [7, 11) is 2.07. The monoisotopic (exact) mass is 314 g/mol. The maximum atomic E-state index is 5.37. The summed E-state index contributed by atoms with van der Waals surface area (Å²) in [6, 6.07) is 5.93. The zero-order valence-electron chi connectivity index (χ0n) is 12.9. The first-order valence-electron chi connectivity index (χ1n) is 7.62. The first-order chi connectivity index (χ1) is 11.3. The largest absolute Gasteiger partial charge is 0.454 e. The molecule has 0 radical (unpaired) electrons. The van der Waals surface area contributed by atoms with Crippen LogP contribution in [-0.2, 0) is 0 Å². The SMILES string of the molecule is CN1CCNCC1c1noc(/C=C/c2ccc3c(c2)OCO3)n1. The summed E-state index contributed by atoms with van der Waals surface area (Å²) in [5, 5.41) is 7.44. The number of hydrogen-bond donors (Lipinski definition) is 1. The van der Waals surface area contributed by atoms with Gasteiger partial charge in [0.05, 0.1) is 6.04 Å². The van der Waals surface area contributed by atoms with Crippen LogP contribution in [0.3, 0.4) is 0 Å². The fourth-order valence-corrected chi connectivity index (χ4v) is 2.73. The van der Waals surface area contributed by atoms with Gasteiger partial charge < -0.3 is 19.3 Å². The van der Waals surface area contributed by atoms with Crippen molar-refractivity contribution in [3.8, 4) is 11.5 Å². The van der Waals surface area contributed by atoms with Crippen LogP contribution in [0.1, 0.15) is 23.3 Å². The molecule has 2 aliphatic rings. The number of piperazine rings is 1. The molecule has 1 N–H and O–H groups in total. The van der Waals surface area contributed by atoms with Crippen molar-refractivity contribution in [1.29, 1.82) is 0 Å². The first kappa shape index (κ1) is 14.2. The van der Waals surface area contributed by atoms with Gasteiger partial charge >= 0.3 is 0 Å². The van der Waals surface area contributed by atoms with Gasteiger partial charge in [-0.25, -0.2) is 0 Å². The molecule has 4 rings (SSSR count). The Balaban J connectivity index is 1.49. The molecule has 0 bridgehead atoms. The molecule has 1 fully saturated rings. The summed E-state index contributed by atoms with van der Waals surface area (Å²) in [6.07, 6.45) is 3.73. The molecule has 0 spiro atoms. The molecular formula is C16H18N4O3. The summed E-state index contributed by atoms with van der Waals surface area (Å²) in [4.78, 5) is 6.70. The van der Waals surface area contributed by atoms with Gasteiger partial charge in [-0.15, -0.1) is 0 Å². The number of aromatic nitrogens is 2. The van der Waals surface area contributed by atoms with Crippen LogP contribution < -0.4 is 14.8 Å². The number of rotatable bonds is 3. The third-order valence-corrected chi connectivity index (χ3v) is 4.08.